The first-order valence-electron chi connectivity index (χ1n) is 8.07. The van der Waals surface area contributed by atoms with E-state index in [4.69, 9.17) is 0 Å². The van der Waals surface area contributed by atoms with Gasteiger partial charge in [-0.05, 0) is 32.6 Å². The van der Waals surface area contributed by atoms with Crippen LogP contribution in [0.1, 0.15) is 44.2 Å². The number of H-pyrrole nitrogens is 1. The Morgan fingerprint density at radius 1 is 1.27 bits per heavy atom. The lowest BCUT2D eigenvalue weighted by atomic mass is 9.81. The molecule has 1 aliphatic carbocycles. The quantitative estimate of drug-likeness (QED) is 0.948. The molecule has 2 aromatic heterocycles. The lowest BCUT2D eigenvalue weighted by Crippen LogP contribution is -2.61. The van der Waals surface area contributed by atoms with Gasteiger partial charge in [0.15, 0.2) is 5.82 Å². The van der Waals surface area contributed by atoms with Crippen molar-refractivity contribution >= 4 is 0 Å². The third-order valence-corrected chi connectivity index (χ3v) is 5.07. The first-order chi connectivity index (χ1) is 10.6. The van der Waals surface area contributed by atoms with Crippen LogP contribution in [0.4, 0.5) is 4.39 Å². The highest BCUT2D eigenvalue weighted by atomic mass is 19.1. The third kappa shape index (κ3) is 2.56. The molecule has 1 N–H and O–H groups in total. The summed E-state index contributed by atoms with van der Waals surface area (Å²) in [7, 11) is 0. The molecule has 1 saturated heterocycles. The number of rotatable bonds is 3. The number of hydrogen-bond donors (Lipinski definition) is 1. The van der Waals surface area contributed by atoms with Gasteiger partial charge >= 0.3 is 0 Å². The second-order valence-electron chi connectivity index (χ2n) is 6.98. The van der Waals surface area contributed by atoms with Gasteiger partial charge in [-0.15, -0.1) is 0 Å². The average molecular weight is 303 g/mol. The van der Waals surface area contributed by atoms with Crippen LogP contribution in [-0.4, -0.2) is 49.4 Å². The van der Waals surface area contributed by atoms with Gasteiger partial charge in [0, 0.05) is 49.2 Å². The minimum atomic E-state index is -0.958. The second-order valence-corrected chi connectivity index (χ2v) is 6.98. The summed E-state index contributed by atoms with van der Waals surface area (Å²) in [6.07, 6.45) is 10.0. The average Bonchev–Trinajstić information content (AvgIpc) is 3.15. The van der Waals surface area contributed by atoms with E-state index in [-0.39, 0.29) is 0 Å². The number of likely N-dealkylation sites (tertiary alicyclic amines) is 1. The molecule has 1 saturated carbocycles. The zero-order valence-electron chi connectivity index (χ0n) is 12.9. The molecular formula is C16H22FN5. The van der Waals surface area contributed by atoms with E-state index in [9.17, 15) is 4.39 Å². The largest absolute Gasteiger partial charge is 0.294 e. The van der Waals surface area contributed by atoms with E-state index in [1.165, 1.54) is 5.69 Å². The fourth-order valence-corrected chi connectivity index (χ4v) is 3.87. The van der Waals surface area contributed by atoms with Gasteiger partial charge in [0.1, 0.15) is 12.0 Å². The Morgan fingerprint density at radius 2 is 2.05 bits per heavy atom. The Bertz CT molecular complexity index is 617. The summed E-state index contributed by atoms with van der Waals surface area (Å²) in [6.45, 7) is 2.92. The lowest BCUT2D eigenvalue weighted by Gasteiger charge is -2.48. The Hall–Kier alpha value is -1.69. The predicted octanol–water partition coefficient (Wildman–Crippen LogP) is 2.67. The highest BCUT2D eigenvalue weighted by molar-refractivity contribution is 5.26. The highest BCUT2D eigenvalue weighted by Crippen LogP contribution is 2.38. The molecule has 0 unspecified atom stereocenters. The van der Waals surface area contributed by atoms with Crippen molar-refractivity contribution < 1.29 is 4.39 Å². The molecule has 2 fully saturated rings. The van der Waals surface area contributed by atoms with Gasteiger partial charge in [-0.2, -0.15) is 5.10 Å². The molecule has 3 heterocycles. The fraction of sp³-hybridized carbons (Fsp3) is 0.625. The molecule has 0 spiro atoms. The lowest BCUT2D eigenvalue weighted by molar-refractivity contribution is -0.0535. The maximum absolute atomic E-state index is 13.6. The number of imidazole rings is 1. The number of hydrogen-bond acceptors (Lipinski definition) is 3. The maximum atomic E-state index is 13.6. The first kappa shape index (κ1) is 13.9. The van der Waals surface area contributed by atoms with Crippen molar-refractivity contribution in [2.75, 3.05) is 13.1 Å². The second kappa shape index (κ2) is 5.19. The Kier molecular flexibility index (Phi) is 3.29. The van der Waals surface area contributed by atoms with Crippen LogP contribution in [-0.2, 0) is 0 Å². The van der Waals surface area contributed by atoms with Crippen LogP contribution in [0.5, 0.6) is 0 Å². The predicted molar refractivity (Wildman–Crippen MR) is 81.8 cm³/mol. The summed E-state index contributed by atoms with van der Waals surface area (Å²) < 4.78 is 15.5. The molecule has 0 atom stereocenters. The number of aromatic amines is 1. The first-order valence-corrected chi connectivity index (χ1v) is 8.07. The molecule has 6 heteroatoms. The molecule has 2 aromatic rings. The van der Waals surface area contributed by atoms with E-state index in [0.717, 1.165) is 31.5 Å². The van der Waals surface area contributed by atoms with Crippen LogP contribution in [0.2, 0.25) is 0 Å². The number of aromatic nitrogens is 4. The molecule has 5 nitrogen and oxygen atoms in total. The van der Waals surface area contributed by atoms with Crippen LogP contribution >= 0.6 is 0 Å². The van der Waals surface area contributed by atoms with Crippen LogP contribution in [0, 0.1) is 0 Å². The van der Waals surface area contributed by atoms with E-state index in [0.29, 0.717) is 25.0 Å². The zero-order chi connectivity index (χ0) is 15.2. The zero-order valence-corrected chi connectivity index (χ0v) is 12.9. The molecular weight excluding hydrogens is 281 g/mol. The Balaban J connectivity index is 1.36. The topological polar surface area (TPSA) is 49.7 Å². The summed E-state index contributed by atoms with van der Waals surface area (Å²) in [5.41, 5.74) is 0.251. The van der Waals surface area contributed by atoms with E-state index in [2.05, 4.69) is 26.1 Å². The minimum Gasteiger partial charge on any atom is -0.294 e. The van der Waals surface area contributed by atoms with Gasteiger partial charge < -0.3 is 0 Å². The Morgan fingerprint density at radius 3 is 2.68 bits per heavy atom. The summed E-state index contributed by atoms with van der Waals surface area (Å²) in [5, 5.41) is 7.55. The van der Waals surface area contributed by atoms with Crippen LogP contribution in [0.3, 0.4) is 0 Å². The number of nitrogens with one attached hydrogen (secondary N) is 1. The van der Waals surface area contributed by atoms with Crippen molar-refractivity contribution in [3.05, 3.63) is 30.5 Å². The molecule has 1 aliphatic heterocycles. The van der Waals surface area contributed by atoms with Crippen LogP contribution in [0.25, 0.3) is 5.82 Å². The van der Waals surface area contributed by atoms with Gasteiger partial charge in [0.25, 0.3) is 0 Å². The molecule has 0 aromatic carbocycles. The van der Waals surface area contributed by atoms with E-state index in [1.807, 2.05) is 10.8 Å². The summed E-state index contributed by atoms with van der Waals surface area (Å²) in [6, 6.07) is 2.69. The van der Waals surface area contributed by atoms with Crippen molar-refractivity contribution in [3.8, 4) is 5.82 Å². The van der Waals surface area contributed by atoms with Gasteiger partial charge in [-0.3, -0.25) is 14.6 Å². The molecule has 4 rings (SSSR count). The van der Waals surface area contributed by atoms with Crippen molar-refractivity contribution in [1.82, 2.24) is 24.6 Å². The van der Waals surface area contributed by atoms with Crippen LogP contribution in [0.15, 0.2) is 24.8 Å². The molecule has 0 bridgehead atoms. The molecule has 2 aliphatic rings. The van der Waals surface area contributed by atoms with Gasteiger partial charge in [0.2, 0.25) is 0 Å². The van der Waals surface area contributed by atoms with E-state index < -0.39 is 5.67 Å². The number of nitrogens with zero attached hydrogens (tertiary/aromatic N) is 4. The van der Waals surface area contributed by atoms with E-state index in [1.54, 1.807) is 19.4 Å². The standard InChI is InChI=1S/C16H22FN5/c1-16(17)9-22(10-16)13-4-2-12(3-5-13)14-8-15(20-19-14)21-7-6-18-11-21/h6-8,11-13H,2-5,9-10H2,1H3,(H,19,20). The van der Waals surface area contributed by atoms with Gasteiger partial charge in [0.05, 0.1) is 0 Å². The van der Waals surface area contributed by atoms with Crippen molar-refractivity contribution in [3.63, 3.8) is 0 Å². The normalized spacial score (nSPS) is 28.5. The monoisotopic (exact) mass is 303 g/mol. The number of halogens is 1. The summed E-state index contributed by atoms with van der Waals surface area (Å²) >= 11 is 0. The van der Waals surface area contributed by atoms with Crippen molar-refractivity contribution in [2.45, 2.75) is 50.2 Å². The Labute approximate surface area is 129 Å². The van der Waals surface area contributed by atoms with Crippen LogP contribution < -0.4 is 0 Å². The van der Waals surface area contributed by atoms with Gasteiger partial charge in [-0.1, -0.05) is 0 Å². The maximum Gasteiger partial charge on any atom is 0.159 e. The van der Waals surface area contributed by atoms with Crippen molar-refractivity contribution in [1.29, 1.82) is 0 Å². The molecule has 0 amide bonds. The van der Waals surface area contributed by atoms with Crippen molar-refractivity contribution in [2.24, 2.45) is 0 Å². The van der Waals surface area contributed by atoms with Gasteiger partial charge in [-0.25, -0.2) is 9.37 Å². The smallest absolute Gasteiger partial charge is 0.159 e. The molecule has 22 heavy (non-hydrogen) atoms. The van der Waals surface area contributed by atoms with E-state index >= 15 is 0 Å². The third-order valence-electron chi connectivity index (χ3n) is 5.07. The minimum absolute atomic E-state index is 0.541. The fourth-order valence-electron chi connectivity index (χ4n) is 3.87. The summed E-state index contributed by atoms with van der Waals surface area (Å²) in [5.74, 6) is 1.43. The molecule has 118 valence electrons. The SMILES string of the molecule is CC1(F)CN(C2CCC(c3cc(-n4ccnc4)n[nH]3)CC2)C1. The molecule has 0 radical (unpaired) electrons. The summed E-state index contributed by atoms with van der Waals surface area (Å²) in [4.78, 5) is 6.36. The number of alkyl halides is 1. The highest BCUT2D eigenvalue weighted by Gasteiger charge is 2.42.